The number of aliphatic hydroxyl groups excluding tert-OH is 1. The number of aliphatic hydroxyl groups is 1. The van der Waals surface area contributed by atoms with Gasteiger partial charge in [0.2, 0.25) is 0 Å². The Morgan fingerprint density at radius 1 is 1.50 bits per heavy atom. The fraction of sp³-hybridized carbons (Fsp3) is 0.667. The smallest absolute Gasteiger partial charge is 0.315 e. The van der Waals surface area contributed by atoms with Gasteiger partial charge in [0.25, 0.3) is 0 Å². The van der Waals surface area contributed by atoms with Gasteiger partial charge in [0.05, 0.1) is 0 Å². The maximum absolute atomic E-state index is 11.9. The van der Waals surface area contributed by atoms with Crippen LogP contribution in [0.1, 0.15) is 43.4 Å². The molecule has 1 heterocycles. The van der Waals surface area contributed by atoms with E-state index in [1.807, 2.05) is 6.07 Å². The van der Waals surface area contributed by atoms with E-state index < -0.39 is 0 Å². The van der Waals surface area contributed by atoms with Crippen LogP contribution in [0.25, 0.3) is 0 Å². The Hall–Kier alpha value is -1.07. The lowest BCUT2D eigenvalue weighted by atomic mass is 9.85. The zero-order valence-corrected chi connectivity index (χ0v) is 12.8. The topological polar surface area (TPSA) is 61.4 Å². The van der Waals surface area contributed by atoms with Gasteiger partial charge in [-0.1, -0.05) is 25.8 Å². The predicted molar refractivity (Wildman–Crippen MR) is 82.1 cm³/mol. The second-order valence-corrected chi connectivity index (χ2v) is 6.58. The Balaban J connectivity index is 1.74. The first-order valence-electron chi connectivity index (χ1n) is 7.39. The van der Waals surface area contributed by atoms with Crippen LogP contribution >= 0.6 is 11.3 Å². The lowest BCUT2D eigenvalue weighted by molar-refractivity contribution is 0.153. The molecule has 2 amide bonds. The second kappa shape index (κ2) is 7.64. The molecule has 1 aliphatic rings. The van der Waals surface area contributed by atoms with Crippen molar-refractivity contribution < 1.29 is 9.90 Å². The predicted octanol–water partition coefficient (Wildman–Crippen LogP) is 2.70. The van der Waals surface area contributed by atoms with Gasteiger partial charge in [-0.05, 0) is 24.3 Å². The third-order valence-electron chi connectivity index (χ3n) is 4.06. The van der Waals surface area contributed by atoms with E-state index in [0.717, 1.165) is 25.7 Å². The van der Waals surface area contributed by atoms with Crippen molar-refractivity contribution >= 4 is 17.4 Å². The summed E-state index contributed by atoms with van der Waals surface area (Å²) in [5.74, 6) is 0.546. The van der Waals surface area contributed by atoms with Crippen LogP contribution < -0.4 is 10.6 Å². The molecule has 0 aliphatic heterocycles. The van der Waals surface area contributed by atoms with Crippen molar-refractivity contribution in [2.24, 2.45) is 5.92 Å². The highest BCUT2D eigenvalue weighted by Gasteiger charge is 2.25. The van der Waals surface area contributed by atoms with Crippen LogP contribution in [0.3, 0.4) is 0 Å². The van der Waals surface area contributed by atoms with Crippen molar-refractivity contribution in [1.29, 1.82) is 0 Å². The average molecular weight is 296 g/mol. The molecule has 1 aliphatic carbocycles. The van der Waals surface area contributed by atoms with Crippen LogP contribution in [0.2, 0.25) is 0 Å². The van der Waals surface area contributed by atoms with Crippen molar-refractivity contribution in [1.82, 2.24) is 10.6 Å². The van der Waals surface area contributed by atoms with Crippen LogP contribution in [-0.2, 0) is 0 Å². The Morgan fingerprint density at radius 2 is 2.30 bits per heavy atom. The summed E-state index contributed by atoms with van der Waals surface area (Å²) in [5.41, 5.74) is 0. The summed E-state index contributed by atoms with van der Waals surface area (Å²) in [4.78, 5) is 13.2. The first-order valence-corrected chi connectivity index (χ1v) is 8.27. The summed E-state index contributed by atoms with van der Waals surface area (Å²) in [6.45, 7) is 2.92. The zero-order chi connectivity index (χ0) is 14.4. The quantitative estimate of drug-likeness (QED) is 0.782. The SMILES string of the molecule is CC(CNC(=O)NC1CCCCC1CO)c1cccs1. The molecular formula is C15H24N2O2S. The molecule has 4 nitrogen and oxygen atoms in total. The second-order valence-electron chi connectivity index (χ2n) is 5.60. The molecule has 0 spiro atoms. The number of carbonyl (C=O) groups is 1. The third-order valence-corrected chi connectivity index (χ3v) is 5.16. The van der Waals surface area contributed by atoms with E-state index in [1.54, 1.807) is 11.3 Å². The summed E-state index contributed by atoms with van der Waals surface area (Å²) >= 11 is 1.72. The molecule has 1 fully saturated rings. The van der Waals surface area contributed by atoms with Crippen LogP contribution in [0.4, 0.5) is 4.79 Å². The number of nitrogens with one attached hydrogen (secondary N) is 2. The highest BCUT2D eigenvalue weighted by atomic mass is 32.1. The van der Waals surface area contributed by atoms with Gasteiger partial charge < -0.3 is 15.7 Å². The van der Waals surface area contributed by atoms with Crippen molar-refractivity contribution in [3.8, 4) is 0 Å². The molecule has 1 aromatic rings. The average Bonchev–Trinajstić information content (AvgIpc) is 2.99. The minimum absolute atomic E-state index is 0.112. The van der Waals surface area contributed by atoms with E-state index in [4.69, 9.17) is 0 Å². The molecule has 1 aromatic heterocycles. The first kappa shape index (κ1) is 15.3. The van der Waals surface area contributed by atoms with Crippen LogP contribution in [-0.4, -0.2) is 30.3 Å². The largest absolute Gasteiger partial charge is 0.396 e. The summed E-state index contributed by atoms with van der Waals surface area (Å²) in [6, 6.07) is 4.13. The van der Waals surface area contributed by atoms with Gasteiger partial charge in [-0.25, -0.2) is 4.79 Å². The Bertz CT molecular complexity index is 408. The van der Waals surface area contributed by atoms with Gasteiger partial charge >= 0.3 is 6.03 Å². The van der Waals surface area contributed by atoms with Crippen molar-refractivity contribution in [3.63, 3.8) is 0 Å². The lowest BCUT2D eigenvalue weighted by Gasteiger charge is -2.31. The Morgan fingerprint density at radius 3 is 3.00 bits per heavy atom. The molecule has 0 radical (unpaired) electrons. The molecule has 3 unspecified atom stereocenters. The van der Waals surface area contributed by atoms with Crippen molar-refractivity contribution in [3.05, 3.63) is 22.4 Å². The third kappa shape index (κ3) is 4.21. The van der Waals surface area contributed by atoms with E-state index in [2.05, 4.69) is 29.0 Å². The Kier molecular flexibility index (Phi) is 5.86. The van der Waals surface area contributed by atoms with Gasteiger partial charge in [-0.15, -0.1) is 11.3 Å². The Labute approximate surface area is 124 Å². The zero-order valence-electron chi connectivity index (χ0n) is 12.0. The molecule has 20 heavy (non-hydrogen) atoms. The maximum atomic E-state index is 11.9. The summed E-state index contributed by atoms with van der Waals surface area (Å²) < 4.78 is 0. The summed E-state index contributed by atoms with van der Waals surface area (Å²) in [7, 11) is 0. The van der Waals surface area contributed by atoms with E-state index in [0.29, 0.717) is 12.5 Å². The minimum atomic E-state index is -0.112. The molecule has 0 saturated heterocycles. The lowest BCUT2D eigenvalue weighted by Crippen LogP contribution is -2.48. The molecule has 0 aromatic carbocycles. The molecule has 0 bridgehead atoms. The highest BCUT2D eigenvalue weighted by molar-refractivity contribution is 7.10. The van der Waals surface area contributed by atoms with Gasteiger partial charge in [0, 0.05) is 35.9 Å². The van der Waals surface area contributed by atoms with Crippen LogP contribution in [0.15, 0.2) is 17.5 Å². The van der Waals surface area contributed by atoms with Gasteiger partial charge in [0.15, 0.2) is 0 Å². The van der Waals surface area contributed by atoms with E-state index >= 15 is 0 Å². The molecule has 1 saturated carbocycles. The number of rotatable bonds is 5. The number of carbonyl (C=O) groups excluding carboxylic acids is 1. The number of thiophene rings is 1. The molecule has 2 rings (SSSR count). The molecule has 3 N–H and O–H groups in total. The van der Waals surface area contributed by atoms with Crippen LogP contribution in [0, 0.1) is 5.92 Å². The van der Waals surface area contributed by atoms with E-state index in [9.17, 15) is 9.90 Å². The van der Waals surface area contributed by atoms with Gasteiger partial charge in [-0.2, -0.15) is 0 Å². The first-order chi connectivity index (χ1) is 9.70. The number of amides is 2. The van der Waals surface area contributed by atoms with E-state index in [1.165, 1.54) is 4.88 Å². The van der Waals surface area contributed by atoms with Crippen molar-refractivity contribution in [2.75, 3.05) is 13.2 Å². The minimum Gasteiger partial charge on any atom is -0.396 e. The standard InChI is InChI=1S/C15H24N2O2S/c1-11(14-7-4-8-20-14)9-16-15(19)17-13-6-3-2-5-12(13)10-18/h4,7-8,11-13,18H,2-3,5-6,9-10H2,1H3,(H2,16,17,19). The fourth-order valence-electron chi connectivity index (χ4n) is 2.75. The monoisotopic (exact) mass is 296 g/mol. The molecule has 5 heteroatoms. The normalized spacial score (nSPS) is 24.1. The fourth-order valence-corrected chi connectivity index (χ4v) is 3.54. The number of hydrogen-bond acceptors (Lipinski definition) is 3. The van der Waals surface area contributed by atoms with E-state index in [-0.39, 0.29) is 24.6 Å². The summed E-state index contributed by atoms with van der Waals surface area (Å²) in [5, 5.41) is 17.4. The molecule has 112 valence electrons. The van der Waals surface area contributed by atoms with Crippen molar-refractivity contribution in [2.45, 2.75) is 44.6 Å². The molecule has 3 atom stereocenters. The maximum Gasteiger partial charge on any atom is 0.315 e. The van der Waals surface area contributed by atoms with Gasteiger partial charge in [0.1, 0.15) is 0 Å². The molecular weight excluding hydrogens is 272 g/mol. The number of urea groups is 1. The van der Waals surface area contributed by atoms with Crippen LogP contribution in [0.5, 0.6) is 0 Å². The number of hydrogen-bond donors (Lipinski definition) is 3. The van der Waals surface area contributed by atoms with Gasteiger partial charge in [-0.3, -0.25) is 0 Å². The highest BCUT2D eigenvalue weighted by Crippen LogP contribution is 2.24. The summed E-state index contributed by atoms with van der Waals surface area (Å²) in [6.07, 6.45) is 4.26.